The first-order chi connectivity index (χ1) is 7.70. The summed E-state index contributed by atoms with van der Waals surface area (Å²) in [6.45, 7) is 11.3. The predicted molar refractivity (Wildman–Crippen MR) is 67.6 cm³/mol. The van der Waals surface area contributed by atoms with E-state index in [-0.39, 0.29) is 0 Å². The lowest BCUT2D eigenvalue weighted by molar-refractivity contribution is -0.0979. The minimum atomic E-state index is 0.884. The Labute approximate surface area is 100 Å². The van der Waals surface area contributed by atoms with Crippen LogP contribution in [0, 0.1) is 11.8 Å². The van der Waals surface area contributed by atoms with Crippen molar-refractivity contribution in [2.45, 2.75) is 33.1 Å². The van der Waals surface area contributed by atoms with Gasteiger partial charge in [-0.3, -0.25) is 0 Å². The van der Waals surface area contributed by atoms with Gasteiger partial charge in [-0.2, -0.15) is 0 Å². The first kappa shape index (κ1) is 15.6. The number of carbonyl (C=O) groups is 1. The van der Waals surface area contributed by atoms with Crippen LogP contribution in [-0.2, 0) is 9.53 Å². The van der Waals surface area contributed by atoms with Crippen LogP contribution in [0.15, 0.2) is 0 Å². The van der Waals surface area contributed by atoms with Crippen molar-refractivity contribution < 1.29 is 9.53 Å². The van der Waals surface area contributed by atoms with Gasteiger partial charge in [0.2, 0.25) is 0 Å². The summed E-state index contributed by atoms with van der Waals surface area (Å²) in [7, 11) is 2.21. The Morgan fingerprint density at radius 1 is 1.25 bits per heavy atom. The molecule has 2 aliphatic rings. The van der Waals surface area contributed by atoms with E-state index in [0.717, 1.165) is 25.0 Å². The molecule has 0 saturated carbocycles. The molecule has 2 fully saturated rings. The van der Waals surface area contributed by atoms with Crippen LogP contribution in [0.3, 0.4) is 0 Å². The Morgan fingerprint density at radius 2 is 1.81 bits per heavy atom. The molecule has 3 nitrogen and oxygen atoms in total. The van der Waals surface area contributed by atoms with Crippen molar-refractivity contribution in [3.63, 3.8) is 0 Å². The third-order valence-corrected chi connectivity index (χ3v) is 3.20. The highest BCUT2D eigenvalue weighted by atomic mass is 16.5. The molecule has 0 N–H and O–H groups in total. The SMILES string of the molecule is C1CCOC1.C=O.CC(C)C1CCN(C)C1. The van der Waals surface area contributed by atoms with Gasteiger partial charge in [0.05, 0.1) is 0 Å². The number of likely N-dealkylation sites (tertiary alicyclic amines) is 1. The summed E-state index contributed by atoms with van der Waals surface area (Å²) in [6.07, 6.45) is 3.97. The molecule has 16 heavy (non-hydrogen) atoms. The Kier molecular flexibility index (Phi) is 9.54. The van der Waals surface area contributed by atoms with Crippen molar-refractivity contribution in [2.24, 2.45) is 11.8 Å². The summed E-state index contributed by atoms with van der Waals surface area (Å²) in [4.78, 5) is 10.4. The highest BCUT2D eigenvalue weighted by molar-refractivity contribution is 5.10. The van der Waals surface area contributed by atoms with Crippen LogP contribution >= 0.6 is 0 Å². The van der Waals surface area contributed by atoms with Gasteiger partial charge in [-0.15, -0.1) is 0 Å². The molecule has 0 bridgehead atoms. The van der Waals surface area contributed by atoms with E-state index in [1.165, 1.54) is 32.4 Å². The second-order valence-electron chi connectivity index (χ2n) is 4.87. The minimum Gasteiger partial charge on any atom is -0.381 e. The van der Waals surface area contributed by atoms with Gasteiger partial charge < -0.3 is 14.4 Å². The summed E-state index contributed by atoms with van der Waals surface area (Å²) in [6, 6.07) is 0. The quantitative estimate of drug-likeness (QED) is 0.690. The smallest absolute Gasteiger partial charge is 0.106 e. The second kappa shape index (κ2) is 9.79. The van der Waals surface area contributed by atoms with Crippen molar-refractivity contribution in [3.05, 3.63) is 0 Å². The second-order valence-corrected chi connectivity index (χ2v) is 4.87. The third-order valence-electron chi connectivity index (χ3n) is 3.20. The number of hydrogen-bond acceptors (Lipinski definition) is 3. The standard InChI is InChI=1S/C8H17N.C4H8O.CH2O/c1-7(2)8-4-5-9(3)6-8;1-2-4-5-3-1;1-2/h7-8H,4-6H2,1-3H3;1-4H2;1H2. The Balaban J connectivity index is 0.000000272. The molecule has 0 aromatic heterocycles. The third kappa shape index (κ3) is 6.96. The van der Waals surface area contributed by atoms with Gasteiger partial charge in [0.15, 0.2) is 0 Å². The van der Waals surface area contributed by atoms with E-state index < -0.39 is 0 Å². The van der Waals surface area contributed by atoms with E-state index in [0.29, 0.717) is 0 Å². The molecule has 0 radical (unpaired) electrons. The molecule has 3 heteroatoms. The maximum absolute atomic E-state index is 8.00. The van der Waals surface area contributed by atoms with Crippen molar-refractivity contribution in [2.75, 3.05) is 33.4 Å². The zero-order valence-corrected chi connectivity index (χ0v) is 11.1. The molecule has 0 aromatic carbocycles. The number of hydrogen-bond donors (Lipinski definition) is 0. The molecule has 0 amide bonds. The van der Waals surface area contributed by atoms with E-state index in [4.69, 9.17) is 9.53 Å². The van der Waals surface area contributed by atoms with Gasteiger partial charge >= 0.3 is 0 Å². The fourth-order valence-corrected chi connectivity index (χ4v) is 2.02. The molecule has 1 atom stereocenters. The maximum atomic E-state index is 8.00. The van der Waals surface area contributed by atoms with E-state index >= 15 is 0 Å². The highest BCUT2D eigenvalue weighted by Crippen LogP contribution is 2.21. The van der Waals surface area contributed by atoms with Gasteiger partial charge in [0, 0.05) is 19.8 Å². The molecule has 0 spiro atoms. The van der Waals surface area contributed by atoms with Crippen LogP contribution in [0.4, 0.5) is 0 Å². The summed E-state index contributed by atoms with van der Waals surface area (Å²) in [5, 5.41) is 0. The van der Waals surface area contributed by atoms with Crippen LogP contribution in [0.2, 0.25) is 0 Å². The number of carbonyl (C=O) groups excluding carboxylic acids is 1. The van der Waals surface area contributed by atoms with E-state index in [9.17, 15) is 0 Å². The summed E-state index contributed by atoms with van der Waals surface area (Å²) in [5.41, 5.74) is 0. The largest absolute Gasteiger partial charge is 0.381 e. The lowest BCUT2D eigenvalue weighted by Gasteiger charge is -2.13. The molecule has 1 unspecified atom stereocenters. The molecule has 2 saturated heterocycles. The van der Waals surface area contributed by atoms with Crippen molar-refractivity contribution in [1.82, 2.24) is 4.90 Å². The van der Waals surface area contributed by atoms with Crippen LogP contribution in [0.25, 0.3) is 0 Å². The first-order valence-electron chi connectivity index (χ1n) is 6.25. The maximum Gasteiger partial charge on any atom is 0.106 e. The molecule has 96 valence electrons. The molecule has 0 aromatic rings. The summed E-state index contributed by atoms with van der Waals surface area (Å²) in [5.74, 6) is 1.85. The Bertz CT molecular complexity index is 150. The Hall–Kier alpha value is -0.410. The summed E-state index contributed by atoms with van der Waals surface area (Å²) < 4.78 is 4.94. The van der Waals surface area contributed by atoms with Gasteiger partial charge in [-0.05, 0) is 44.7 Å². The van der Waals surface area contributed by atoms with Gasteiger partial charge in [0.25, 0.3) is 0 Å². The summed E-state index contributed by atoms with van der Waals surface area (Å²) >= 11 is 0. The van der Waals surface area contributed by atoms with Crippen LogP contribution in [0.1, 0.15) is 33.1 Å². The molecule has 2 heterocycles. The van der Waals surface area contributed by atoms with Crippen molar-refractivity contribution in [1.29, 1.82) is 0 Å². The lowest BCUT2D eigenvalue weighted by Crippen LogP contribution is -2.16. The normalized spacial score (nSPS) is 24.6. The molecular weight excluding hydrogens is 202 g/mol. The lowest BCUT2D eigenvalue weighted by atomic mass is 9.95. The average Bonchev–Trinajstić information content (AvgIpc) is 2.93. The first-order valence-corrected chi connectivity index (χ1v) is 6.25. The number of rotatable bonds is 1. The molecular formula is C13H27NO2. The monoisotopic (exact) mass is 229 g/mol. The molecule has 0 aliphatic carbocycles. The van der Waals surface area contributed by atoms with Gasteiger partial charge in [-0.25, -0.2) is 0 Å². The topological polar surface area (TPSA) is 29.5 Å². The van der Waals surface area contributed by atoms with E-state index in [2.05, 4.69) is 25.8 Å². The molecule has 2 rings (SSSR count). The van der Waals surface area contributed by atoms with Crippen LogP contribution in [0.5, 0.6) is 0 Å². The zero-order chi connectivity index (χ0) is 12.4. The highest BCUT2D eigenvalue weighted by Gasteiger charge is 2.21. The predicted octanol–water partition coefficient (Wildman–Crippen LogP) is 2.21. The van der Waals surface area contributed by atoms with Gasteiger partial charge in [0.1, 0.15) is 6.79 Å². The van der Waals surface area contributed by atoms with E-state index in [1.807, 2.05) is 6.79 Å². The zero-order valence-electron chi connectivity index (χ0n) is 11.1. The number of nitrogens with zero attached hydrogens (tertiary/aromatic N) is 1. The van der Waals surface area contributed by atoms with Gasteiger partial charge in [-0.1, -0.05) is 13.8 Å². The van der Waals surface area contributed by atoms with E-state index in [1.54, 1.807) is 0 Å². The number of ether oxygens (including phenoxy) is 1. The van der Waals surface area contributed by atoms with Crippen LogP contribution < -0.4 is 0 Å². The molecule has 2 aliphatic heterocycles. The van der Waals surface area contributed by atoms with Crippen molar-refractivity contribution in [3.8, 4) is 0 Å². The fourth-order valence-electron chi connectivity index (χ4n) is 2.02. The van der Waals surface area contributed by atoms with Crippen LogP contribution in [-0.4, -0.2) is 45.0 Å². The fraction of sp³-hybridized carbons (Fsp3) is 0.923. The average molecular weight is 229 g/mol. The minimum absolute atomic E-state index is 0.884. The Morgan fingerprint density at radius 3 is 2.00 bits per heavy atom. The van der Waals surface area contributed by atoms with Crippen molar-refractivity contribution >= 4 is 6.79 Å².